The summed E-state index contributed by atoms with van der Waals surface area (Å²) in [5, 5.41) is 4.45. The van der Waals surface area contributed by atoms with Crippen molar-refractivity contribution in [2.45, 2.75) is 31.1 Å². The Morgan fingerprint density at radius 1 is 1.27 bits per heavy atom. The van der Waals surface area contributed by atoms with Gasteiger partial charge in [-0.25, -0.2) is 0 Å². The first kappa shape index (κ1) is 9.68. The number of hydrogen-bond donors (Lipinski definition) is 1. The average Bonchev–Trinajstić information content (AvgIpc) is 2.35. The van der Waals surface area contributed by atoms with Crippen molar-refractivity contribution >= 4 is 11.6 Å². The molecule has 1 aliphatic carbocycles. The van der Waals surface area contributed by atoms with Crippen LogP contribution in [0.3, 0.4) is 0 Å². The molecule has 2 heteroatoms. The first-order chi connectivity index (χ1) is 7.30. The minimum absolute atomic E-state index is 0.413. The summed E-state index contributed by atoms with van der Waals surface area (Å²) in [6.07, 6.45) is 5.17. The second kappa shape index (κ2) is 3.50. The van der Waals surface area contributed by atoms with Gasteiger partial charge in [0.1, 0.15) is 0 Å². The highest BCUT2D eigenvalue weighted by Gasteiger charge is 2.40. The van der Waals surface area contributed by atoms with Crippen LogP contribution in [0.4, 0.5) is 0 Å². The lowest BCUT2D eigenvalue weighted by molar-refractivity contribution is 0.239. The Morgan fingerprint density at radius 2 is 2.13 bits per heavy atom. The fraction of sp³-hybridized carbons (Fsp3) is 0.538. The van der Waals surface area contributed by atoms with Gasteiger partial charge in [-0.05, 0) is 49.1 Å². The molecule has 1 saturated carbocycles. The van der Waals surface area contributed by atoms with Crippen LogP contribution in [0.2, 0.25) is 5.02 Å². The van der Waals surface area contributed by atoms with Gasteiger partial charge in [-0.1, -0.05) is 24.1 Å². The number of fused-ring (bicyclic) bond motifs is 2. The number of benzene rings is 1. The predicted octanol–water partition coefficient (Wildman–Crippen LogP) is 2.91. The fourth-order valence-electron chi connectivity index (χ4n) is 2.96. The third-order valence-electron chi connectivity index (χ3n) is 3.99. The first-order valence-electron chi connectivity index (χ1n) is 5.80. The summed E-state index contributed by atoms with van der Waals surface area (Å²) in [5.41, 5.74) is 3.44. The van der Waals surface area contributed by atoms with Crippen molar-refractivity contribution in [1.82, 2.24) is 5.32 Å². The van der Waals surface area contributed by atoms with E-state index in [4.69, 9.17) is 11.6 Å². The van der Waals surface area contributed by atoms with Crippen molar-refractivity contribution in [3.8, 4) is 0 Å². The molecule has 2 aliphatic rings. The van der Waals surface area contributed by atoms with E-state index in [0.717, 1.165) is 24.5 Å². The summed E-state index contributed by atoms with van der Waals surface area (Å²) >= 11 is 6.12. The lowest BCUT2D eigenvalue weighted by Crippen LogP contribution is -2.42. The van der Waals surface area contributed by atoms with Crippen molar-refractivity contribution in [3.63, 3.8) is 0 Å². The van der Waals surface area contributed by atoms with Crippen LogP contribution in [0, 0.1) is 0 Å². The molecule has 0 bridgehead atoms. The van der Waals surface area contributed by atoms with Gasteiger partial charge in [0, 0.05) is 17.0 Å². The van der Waals surface area contributed by atoms with Gasteiger partial charge in [0.2, 0.25) is 0 Å². The maximum atomic E-state index is 6.12. The molecule has 0 saturated heterocycles. The summed E-state index contributed by atoms with van der Waals surface area (Å²) in [5.74, 6) is 0. The Balaban J connectivity index is 2.11. The molecule has 0 unspecified atom stereocenters. The second-order valence-electron chi connectivity index (χ2n) is 4.86. The van der Waals surface area contributed by atoms with E-state index in [1.807, 2.05) is 6.07 Å². The molecule has 15 heavy (non-hydrogen) atoms. The minimum atomic E-state index is 0.413. The second-order valence-corrected chi connectivity index (χ2v) is 5.30. The molecule has 0 radical (unpaired) electrons. The highest BCUT2D eigenvalue weighted by atomic mass is 35.5. The summed E-state index contributed by atoms with van der Waals surface area (Å²) in [7, 11) is 0. The minimum Gasteiger partial charge on any atom is -0.316 e. The standard InChI is InChI=1S/C13H16ClN/c14-11-3-2-10-4-7-15-9-13(5-1-6-13)12(10)8-11/h2-3,8,15H,1,4-7,9H2. The van der Waals surface area contributed by atoms with Gasteiger partial charge >= 0.3 is 0 Å². The predicted molar refractivity (Wildman–Crippen MR) is 63.6 cm³/mol. The molecule has 1 aromatic carbocycles. The van der Waals surface area contributed by atoms with E-state index in [1.54, 1.807) is 0 Å². The average molecular weight is 222 g/mol. The first-order valence-corrected chi connectivity index (χ1v) is 6.18. The molecule has 1 aliphatic heterocycles. The molecule has 1 N–H and O–H groups in total. The SMILES string of the molecule is Clc1ccc2c(c1)C1(CCC1)CNCC2. The number of nitrogens with one attached hydrogen (secondary N) is 1. The molecule has 80 valence electrons. The van der Waals surface area contributed by atoms with Crippen molar-refractivity contribution in [3.05, 3.63) is 34.3 Å². The van der Waals surface area contributed by atoms with Gasteiger partial charge in [-0.2, -0.15) is 0 Å². The third-order valence-corrected chi connectivity index (χ3v) is 4.22. The van der Waals surface area contributed by atoms with E-state index in [0.29, 0.717) is 5.41 Å². The van der Waals surface area contributed by atoms with Gasteiger partial charge < -0.3 is 5.32 Å². The molecular weight excluding hydrogens is 206 g/mol. The van der Waals surface area contributed by atoms with Gasteiger partial charge in [-0.3, -0.25) is 0 Å². The molecule has 1 nitrogen and oxygen atoms in total. The van der Waals surface area contributed by atoms with E-state index in [1.165, 1.54) is 30.4 Å². The Bertz CT molecular complexity index is 382. The summed E-state index contributed by atoms with van der Waals surface area (Å²) in [4.78, 5) is 0. The van der Waals surface area contributed by atoms with E-state index < -0.39 is 0 Å². The van der Waals surface area contributed by atoms with E-state index >= 15 is 0 Å². The van der Waals surface area contributed by atoms with Crippen LogP contribution >= 0.6 is 11.6 Å². The molecule has 1 spiro atoms. The van der Waals surface area contributed by atoms with Gasteiger partial charge in [0.05, 0.1) is 0 Å². The Morgan fingerprint density at radius 3 is 2.87 bits per heavy atom. The van der Waals surface area contributed by atoms with Crippen LogP contribution in [0.5, 0.6) is 0 Å². The Kier molecular flexibility index (Phi) is 2.26. The topological polar surface area (TPSA) is 12.0 Å². The van der Waals surface area contributed by atoms with Crippen LogP contribution in [0.1, 0.15) is 30.4 Å². The van der Waals surface area contributed by atoms with E-state index in [2.05, 4.69) is 17.4 Å². The zero-order valence-corrected chi connectivity index (χ0v) is 9.61. The maximum absolute atomic E-state index is 6.12. The van der Waals surface area contributed by atoms with Gasteiger partial charge in [-0.15, -0.1) is 0 Å². The number of rotatable bonds is 0. The number of hydrogen-bond acceptors (Lipinski definition) is 1. The maximum Gasteiger partial charge on any atom is 0.0409 e. The van der Waals surface area contributed by atoms with E-state index in [9.17, 15) is 0 Å². The van der Waals surface area contributed by atoms with Crippen molar-refractivity contribution in [1.29, 1.82) is 0 Å². The molecule has 0 aromatic heterocycles. The monoisotopic (exact) mass is 221 g/mol. The number of halogens is 1. The highest BCUT2D eigenvalue weighted by Crippen LogP contribution is 2.46. The zero-order chi connectivity index (χ0) is 10.3. The third kappa shape index (κ3) is 1.49. The van der Waals surface area contributed by atoms with Crippen LogP contribution in [-0.4, -0.2) is 13.1 Å². The molecule has 0 atom stereocenters. The van der Waals surface area contributed by atoms with Crippen LogP contribution in [0.25, 0.3) is 0 Å². The highest BCUT2D eigenvalue weighted by molar-refractivity contribution is 6.30. The summed E-state index contributed by atoms with van der Waals surface area (Å²) in [6, 6.07) is 6.44. The summed E-state index contributed by atoms with van der Waals surface area (Å²) < 4.78 is 0. The molecule has 0 amide bonds. The van der Waals surface area contributed by atoms with Crippen molar-refractivity contribution in [2.75, 3.05) is 13.1 Å². The quantitative estimate of drug-likeness (QED) is 0.711. The largest absolute Gasteiger partial charge is 0.316 e. The summed E-state index contributed by atoms with van der Waals surface area (Å²) in [6.45, 7) is 2.25. The van der Waals surface area contributed by atoms with Crippen LogP contribution < -0.4 is 5.32 Å². The van der Waals surface area contributed by atoms with Crippen molar-refractivity contribution in [2.24, 2.45) is 0 Å². The van der Waals surface area contributed by atoms with Gasteiger partial charge in [0.15, 0.2) is 0 Å². The molecule has 1 fully saturated rings. The smallest absolute Gasteiger partial charge is 0.0409 e. The molecule has 3 rings (SSSR count). The van der Waals surface area contributed by atoms with Crippen LogP contribution in [-0.2, 0) is 11.8 Å². The van der Waals surface area contributed by atoms with Crippen LogP contribution in [0.15, 0.2) is 18.2 Å². The normalized spacial score (nSPS) is 23.0. The molecule has 1 heterocycles. The van der Waals surface area contributed by atoms with Crippen molar-refractivity contribution < 1.29 is 0 Å². The Hall–Kier alpha value is -0.530. The van der Waals surface area contributed by atoms with E-state index in [-0.39, 0.29) is 0 Å². The molecular formula is C13H16ClN. The lowest BCUT2D eigenvalue weighted by Gasteiger charge is -2.42. The lowest BCUT2D eigenvalue weighted by atomic mass is 9.63. The Labute approximate surface area is 95.8 Å². The zero-order valence-electron chi connectivity index (χ0n) is 8.85. The molecule has 1 aromatic rings. The van der Waals surface area contributed by atoms with Gasteiger partial charge in [0.25, 0.3) is 0 Å². The fourth-order valence-corrected chi connectivity index (χ4v) is 3.13.